The molecule has 2 aromatic carbocycles. The number of hydrogen-bond donors (Lipinski definition) is 0. The fraction of sp³-hybridized carbons (Fsp3) is 0.238. The monoisotopic (exact) mass is 395 g/mol. The van der Waals surface area contributed by atoms with Crippen molar-refractivity contribution in [2.75, 3.05) is 31.2 Å². The van der Waals surface area contributed by atoms with Crippen molar-refractivity contribution in [2.24, 2.45) is 0 Å². The molecule has 7 heteroatoms. The number of aryl methyl sites for hydroxylation is 1. The van der Waals surface area contributed by atoms with Gasteiger partial charge in [-0.25, -0.2) is 18.4 Å². The Morgan fingerprint density at radius 2 is 1.64 bits per heavy atom. The number of rotatable bonds is 4. The summed E-state index contributed by atoms with van der Waals surface area (Å²) in [6, 6.07) is 16.4. The number of anilines is 1. The first kappa shape index (κ1) is 18.6. The molecule has 6 nitrogen and oxygen atoms in total. The van der Waals surface area contributed by atoms with E-state index in [0.29, 0.717) is 37.9 Å². The minimum atomic E-state index is -3.74. The van der Waals surface area contributed by atoms with Gasteiger partial charge in [-0.3, -0.25) is 0 Å². The maximum absolute atomic E-state index is 13.3. The van der Waals surface area contributed by atoms with Gasteiger partial charge >= 0.3 is 0 Å². The molecule has 0 amide bonds. The van der Waals surface area contributed by atoms with E-state index in [1.807, 2.05) is 42.2 Å². The van der Waals surface area contributed by atoms with Crippen molar-refractivity contribution in [2.45, 2.75) is 16.7 Å². The lowest BCUT2D eigenvalue weighted by atomic mass is 10.2. The van der Waals surface area contributed by atoms with Gasteiger partial charge in [0.1, 0.15) is 4.90 Å². The first-order chi connectivity index (χ1) is 13.6. The quantitative estimate of drug-likeness (QED) is 0.676. The van der Waals surface area contributed by atoms with E-state index in [1.165, 1.54) is 6.20 Å². The van der Waals surface area contributed by atoms with Gasteiger partial charge in [-0.1, -0.05) is 48.0 Å². The summed E-state index contributed by atoms with van der Waals surface area (Å²) in [7, 11) is -3.74. The summed E-state index contributed by atoms with van der Waals surface area (Å²) >= 11 is 0. The van der Waals surface area contributed by atoms with Gasteiger partial charge in [-0.05, 0) is 19.1 Å². The lowest BCUT2D eigenvalue weighted by molar-refractivity contribution is 0.122. The topological polar surface area (TPSA) is 72.4 Å². The molecule has 1 aliphatic rings. The van der Waals surface area contributed by atoms with Crippen LogP contribution in [0.5, 0.6) is 0 Å². The van der Waals surface area contributed by atoms with Crippen molar-refractivity contribution in [1.82, 2.24) is 9.97 Å². The second kappa shape index (κ2) is 7.69. The van der Waals surface area contributed by atoms with Crippen molar-refractivity contribution >= 4 is 15.7 Å². The first-order valence-corrected chi connectivity index (χ1v) is 10.6. The highest BCUT2D eigenvalue weighted by Crippen LogP contribution is 2.31. The van der Waals surface area contributed by atoms with Crippen molar-refractivity contribution in [3.05, 3.63) is 66.4 Å². The molecule has 0 aliphatic carbocycles. The van der Waals surface area contributed by atoms with E-state index < -0.39 is 9.84 Å². The second-order valence-electron chi connectivity index (χ2n) is 6.66. The summed E-state index contributed by atoms with van der Waals surface area (Å²) < 4.78 is 32.1. The van der Waals surface area contributed by atoms with Crippen molar-refractivity contribution in [3.63, 3.8) is 0 Å². The fourth-order valence-electron chi connectivity index (χ4n) is 3.12. The van der Waals surface area contributed by atoms with Crippen LogP contribution in [0.3, 0.4) is 0 Å². The molecule has 28 heavy (non-hydrogen) atoms. The van der Waals surface area contributed by atoms with Crippen LogP contribution in [0.2, 0.25) is 0 Å². The van der Waals surface area contributed by atoms with E-state index in [1.54, 1.807) is 24.3 Å². The van der Waals surface area contributed by atoms with Crippen molar-refractivity contribution < 1.29 is 13.2 Å². The number of aromatic nitrogens is 2. The summed E-state index contributed by atoms with van der Waals surface area (Å²) in [6.45, 7) is 4.17. The molecule has 1 aliphatic heterocycles. The number of benzene rings is 2. The van der Waals surface area contributed by atoms with Crippen LogP contribution >= 0.6 is 0 Å². The van der Waals surface area contributed by atoms with Gasteiger partial charge in [0, 0.05) is 18.7 Å². The highest BCUT2D eigenvalue weighted by atomic mass is 32.2. The summed E-state index contributed by atoms with van der Waals surface area (Å²) in [5.41, 5.74) is 1.85. The third-order valence-electron chi connectivity index (χ3n) is 4.70. The van der Waals surface area contributed by atoms with Gasteiger partial charge in [0.25, 0.3) is 0 Å². The summed E-state index contributed by atoms with van der Waals surface area (Å²) in [4.78, 5) is 11.3. The van der Waals surface area contributed by atoms with Gasteiger partial charge in [0.05, 0.1) is 24.3 Å². The zero-order chi connectivity index (χ0) is 19.6. The first-order valence-electron chi connectivity index (χ1n) is 9.12. The van der Waals surface area contributed by atoms with E-state index in [0.717, 1.165) is 11.1 Å². The van der Waals surface area contributed by atoms with E-state index in [4.69, 9.17) is 4.74 Å². The smallest absolute Gasteiger partial charge is 0.211 e. The number of sulfone groups is 1. The van der Waals surface area contributed by atoms with Crippen LogP contribution in [0.1, 0.15) is 5.56 Å². The van der Waals surface area contributed by atoms with Crippen molar-refractivity contribution in [3.8, 4) is 11.4 Å². The van der Waals surface area contributed by atoms with Gasteiger partial charge in [0.15, 0.2) is 11.6 Å². The van der Waals surface area contributed by atoms with E-state index >= 15 is 0 Å². The van der Waals surface area contributed by atoms with Crippen LogP contribution in [0.25, 0.3) is 11.4 Å². The SMILES string of the molecule is Cc1ccc(S(=O)(=O)c2cnc(-c3ccccc3)nc2N2CCOCC2)cc1. The molecule has 144 valence electrons. The Morgan fingerprint density at radius 3 is 2.32 bits per heavy atom. The van der Waals surface area contributed by atoms with Crippen molar-refractivity contribution in [1.29, 1.82) is 0 Å². The molecule has 0 radical (unpaired) electrons. The number of morpholine rings is 1. The lowest BCUT2D eigenvalue weighted by Gasteiger charge is -2.29. The third kappa shape index (κ3) is 3.63. The van der Waals surface area contributed by atoms with Crippen LogP contribution in [0.4, 0.5) is 5.82 Å². The van der Waals surface area contributed by atoms with Crippen LogP contribution in [-0.4, -0.2) is 44.7 Å². The average Bonchev–Trinajstić information content (AvgIpc) is 2.75. The number of nitrogens with zero attached hydrogens (tertiary/aromatic N) is 3. The maximum atomic E-state index is 13.3. The molecule has 0 saturated carbocycles. The number of ether oxygens (including phenoxy) is 1. The Bertz CT molecular complexity index is 1060. The van der Waals surface area contributed by atoms with Crippen LogP contribution in [0.15, 0.2) is 70.6 Å². The van der Waals surface area contributed by atoms with Crippen LogP contribution in [-0.2, 0) is 14.6 Å². The third-order valence-corrected chi connectivity index (χ3v) is 6.46. The van der Waals surface area contributed by atoms with E-state index in [9.17, 15) is 8.42 Å². The van der Waals surface area contributed by atoms with Crippen LogP contribution < -0.4 is 4.90 Å². The van der Waals surface area contributed by atoms with E-state index in [2.05, 4.69) is 9.97 Å². The van der Waals surface area contributed by atoms with Gasteiger partial charge in [0.2, 0.25) is 9.84 Å². The zero-order valence-electron chi connectivity index (χ0n) is 15.6. The minimum absolute atomic E-state index is 0.123. The highest BCUT2D eigenvalue weighted by molar-refractivity contribution is 7.91. The minimum Gasteiger partial charge on any atom is -0.378 e. The molecular weight excluding hydrogens is 374 g/mol. The van der Waals surface area contributed by atoms with E-state index in [-0.39, 0.29) is 9.79 Å². The Labute approximate surface area is 164 Å². The van der Waals surface area contributed by atoms with Crippen LogP contribution in [0, 0.1) is 6.92 Å². The molecule has 0 N–H and O–H groups in total. The number of hydrogen-bond acceptors (Lipinski definition) is 6. The summed E-state index contributed by atoms with van der Waals surface area (Å²) in [6.07, 6.45) is 1.43. The maximum Gasteiger partial charge on any atom is 0.211 e. The summed E-state index contributed by atoms with van der Waals surface area (Å²) in [5.74, 6) is 0.933. The Kier molecular flexibility index (Phi) is 5.11. The normalized spacial score (nSPS) is 14.8. The molecule has 1 fully saturated rings. The fourth-order valence-corrected chi connectivity index (χ4v) is 4.48. The molecule has 1 aromatic heterocycles. The molecule has 2 heterocycles. The zero-order valence-corrected chi connectivity index (χ0v) is 16.4. The Hall–Kier alpha value is -2.77. The molecule has 0 spiro atoms. The average molecular weight is 395 g/mol. The molecular formula is C21H21N3O3S. The second-order valence-corrected chi connectivity index (χ2v) is 8.58. The molecule has 0 bridgehead atoms. The Balaban J connectivity index is 1.85. The summed E-state index contributed by atoms with van der Waals surface area (Å²) in [5, 5.41) is 0. The van der Waals surface area contributed by atoms with Gasteiger partial charge < -0.3 is 9.64 Å². The predicted octanol–water partition coefficient (Wildman–Crippen LogP) is 3.12. The van der Waals surface area contributed by atoms with Gasteiger partial charge in [-0.15, -0.1) is 0 Å². The molecule has 1 saturated heterocycles. The lowest BCUT2D eigenvalue weighted by Crippen LogP contribution is -2.37. The van der Waals surface area contributed by atoms with Gasteiger partial charge in [-0.2, -0.15) is 0 Å². The predicted molar refractivity (Wildman–Crippen MR) is 107 cm³/mol. The Morgan fingerprint density at radius 1 is 0.964 bits per heavy atom. The molecule has 0 atom stereocenters. The molecule has 3 aromatic rings. The standard InChI is InChI=1S/C21H21N3O3S/c1-16-7-9-18(10-8-16)28(25,26)19-15-22-20(17-5-3-2-4-6-17)23-21(19)24-11-13-27-14-12-24/h2-10,15H,11-14H2,1H3. The largest absolute Gasteiger partial charge is 0.378 e. The highest BCUT2D eigenvalue weighted by Gasteiger charge is 2.27. The molecule has 0 unspecified atom stereocenters. The molecule has 4 rings (SSSR count).